The van der Waals surface area contributed by atoms with E-state index >= 15 is 0 Å². The Labute approximate surface area is 114 Å². The van der Waals surface area contributed by atoms with Gasteiger partial charge in [0.15, 0.2) is 0 Å². The Morgan fingerprint density at radius 1 is 1.32 bits per heavy atom. The maximum atomic E-state index is 12.6. The zero-order valence-electron chi connectivity index (χ0n) is 11.3. The van der Waals surface area contributed by atoms with E-state index in [0.29, 0.717) is 29.2 Å². The first-order chi connectivity index (χ1) is 8.95. The van der Waals surface area contributed by atoms with Crippen molar-refractivity contribution in [2.75, 3.05) is 25.9 Å². The lowest BCUT2D eigenvalue weighted by Crippen LogP contribution is -2.40. The van der Waals surface area contributed by atoms with Crippen molar-refractivity contribution in [1.29, 1.82) is 0 Å². The molecule has 0 aromatic heterocycles. The minimum Gasteiger partial charge on any atom is -0.399 e. The fourth-order valence-electron chi connectivity index (χ4n) is 2.41. The summed E-state index contributed by atoms with van der Waals surface area (Å²) >= 11 is 0. The van der Waals surface area contributed by atoms with Crippen molar-refractivity contribution in [3.05, 3.63) is 23.8 Å². The summed E-state index contributed by atoms with van der Waals surface area (Å²) in [6, 6.07) is 4.90. The Hall–Kier alpha value is -1.11. The Morgan fingerprint density at radius 2 is 1.95 bits per heavy atom. The van der Waals surface area contributed by atoms with Gasteiger partial charge >= 0.3 is 0 Å². The number of sulfonamides is 1. The molecule has 0 bridgehead atoms. The number of ether oxygens (including phenoxy) is 1. The van der Waals surface area contributed by atoms with Gasteiger partial charge in [0.1, 0.15) is 0 Å². The molecule has 1 heterocycles. The molecule has 106 valence electrons. The number of anilines is 1. The van der Waals surface area contributed by atoms with Crippen LogP contribution in [-0.4, -0.2) is 39.0 Å². The van der Waals surface area contributed by atoms with Crippen molar-refractivity contribution in [1.82, 2.24) is 4.31 Å². The number of piperidine rings is 1. The third-order valence-corrected chi connectivity index (χ3v) is 5.61. The number of methoxy groups -OCH3 is 1. The molecule has 0 unspecified atom stereocenters. The van der Waals surface area contributed by atoms with Gasteiger partial charge in [-0.05, 0) is 43.5 Å². The lowest BCUT2D eigenvalue weighted by Gasteiger charge is -2.30. The average molecular weight is 284 g/mol. The van der Waals surface area contributed by atoms with E-state index in [-0.39, 0.29) is 6.10 Å². The van der Waals surface area contributed by atoms with Gasteiger partial charge in [0, 0.05) is 25.9 Å². The van der Waals surface area contributed by atoms with Crippen molar-refractivity contribution in [3.8, 4) is 0 Å². The normalized spacial score (nSPS) is 18.6. The van der Waals surface area contributed by atoms with Gasteiger partial charge in [0.2, 0.25) is 10.0 Å². The molecule has 1 fully saturated rings. The van der Waals surface area contributed by atoms with Crippen LogP contribution in [0.4, 0.5) is 5.69 Å². The lowest BCUT2D eigenvalue weighted by molar-refractivity contribution is 0.0604. The zero-order chi connectivity index (χ0) is 14.0. The third-order valence-electron chi connectivity index (χ3n) is 3.55. The number of nitrogens with two attached hydrogens (primary N) is 1. The summed E-state index contributed by atoms with van der Waals surface area (Å²) in [5, 5.41) is 0. The highest BCUT2D eigenvalue weighted by molar-refractivity contribution is 7.89. The van der Waals surface area contributed by atoms with Crippen molar-refractivity contribution >= 4 is 15.7 Å². The fraction of sp³-hybridized carbons (Fsp3) is 0.538. The van der Waals surface area contributed by atoms with Crippen LogP contribution >= 0.6 is 0 Å². The van der Waals surface area contributed by atoms with Crippen LogP contribution in [0.15, 0.2) is 23.1 Å². The highest BCUT2D eigenvalue weighted by Gasteiger charge is 2.30. The third kappa shape index (κ3) is 2.91. The van der Waals surface area contributed by atoms with Gasteiger partial charge in [-0.2, -0.15) is 4.31 Å². The quantitative estimate of drug-likeness (QED) is 0.851. The molecule has 1 aliphatic rings. The fourth-order valence-corrected chi connectivity index (χ4v) is 4.08. The maximum absolute atomic E-state index is 12.6. The monoisotopic (exact) mass is 284 g/mol. The second-order valence-corrected chi connectivity index (χ2v) is 6.77. The van der Waals surface area contributed by atoms with Gasteiger partial charge < -0.3 is 10.5 Å². The van der Waals surface area contributed by atoms with Gasteiger partial charge in [-0.15, -0.1) is 0 Å². The van der Waals surface area contributed by atoms with E-state index in [1.165, 1.54) is 4.31 Å². The van der Waals surface area contributed by atoms with E-state index in [1.54, 1.807) is 32.2 Å². The first-order valence-electron chi connectivity index (χ1n) is 6.34. The van der Waals surface area contributed by atoms with Crippen LogP contribution in [0.5, 0.6) is 0 Å². The van der Waals surface area contributed by atoms with E-state index in [4.69, 9.17) is 10.5 Å². The van der Waals surface area contributed by atoms with E-state index in [2.05, 4.69) is 0 Å². The summed E-state index contributed by atoms with van der Waals surface area (Å²) in [6.07, 6.45) is 1.65. The van der Waals surface area contributed by atoms with E-state index < -0.39 is 10.0 Å². The zero-order valence-corrected chi connectivity index (χ0v) is 12.1. The molecule has 1 aromatic carbocycles. The Bertz CT molecular complexity index is 549. The Kier molecular flexibility index (Phi) is 4.13. The second kappa shape index (κ2) is 5.48. The smallest absolute Gasteiger partial charge is 0.243 e. The standard InChI is InChI=1S/C13H20N2O3S/c1-10-9-11(14)3-4-13(10)19(16,17)15-7-5-12(18-2)6-8-15/h3-4,9,12H,5-8,14H2,1-2H3. The summed E-state index contributed by atoms with van der Waals surface area (Å²) in [5.41, 5.74) is 6.93. The molecule has 0 radical (unpaired) electrons. The van der Waals surface area contributed by atoms with Gasteiger partial charge in [-0.25, -0.2) is 8.42 Å². The number of hydrogen-bond donors (Lipinski definition) is 1. The molecule has 0 spiro atoms. The number of aryl methyl sites for hydroxylation is 1. The molecule has 2 N–H and O–H groups in total. The highest BCUT2D eigenvalue weighted by Crippen LogP contribution is 2.25. The van der Waals surface area contributed by atoms with E-state index in [9.17, 15) is 8.42 Å². The number of rotatable bonds is 3. The van der Waals surface area contributed by atoms with Crippen LogP contribution in [-0.2, 0) is 14.8 Å². The molecular weight excluding hydrogens is 264 g/mol. The van der Waals surface area contributed by atoms with Gasteiger partial charge in [0.05, 0.1) is 11.0 Å². The molecule has 1 aromatic rings. The average Bonchev–Trinajstić information content (AvgIpc) is 2.38. The van der Waals surface area contributed by atoms with Crippen LogP contribution < -0.4 is 5.73 Å². The molecule has 0 saturated carbocycles. The SMILES string of the molecule is COC1CCN(S(=O)(=O)c2ccc(N)cc2C)CC1. The van der Waals surface area contributed by atoms with Crippen LogP contribution in [0.2, 0.25) is 0 Å². The summed E-state index contributed by atoms with van der Waals surface area (Å²) < 4.78 is 31.9. The minimum atomic E-state index is -3.42. The summed E-state index contributed by atoms with van der Waals surface area (Å²) in [4.78, 5) is 0.345. The van der Waals surface area contributed by atoms with Crippen LogP contribution in [0.25, 0.3) is 0 Å². The van der Waals surface area contributed by atoms with Crippen LogP contribution in [0.3, 0.4) is 0 Å². The topological polar surface area (TPSA) is 72.6 Å². The van der Waals surface area contributed by atoms with Gasteiger partial charge in [-0.3, -0.25) is 0 Å². The van der Waals surface area contributed by atoms with Crippen LogP contribution in [0, 0.1) is 6.92 Å². The number of nitrogens with zero attached hydrogens (tertiary/aromatic N) is 1. The molecule has 19 heavy (non-hydrogen) atoms. The van der Waals surface area contributed by atoms with Gasteiger partial charge in [-0.1, -0.05) is 0 Å². The minimum absolute atomic E-state index is 0.166. The van der Waals surface area contributed by atoms with Crippen molar-refractivity contribution < 1.29 is 13.2 Å². The van der Waals surface area contributed by atoms with Crippen LogP contribution in [0.1, 0.15) is 18.4 Å². The summed E-state index contributed by atoms with van der Waals surface area (Å²) in [5.74, 6) is 0. The Morgan fingerprint density at radius 3 is 2.47 bits per heavy atom. The molecular formula is C13H20N2O3S. The molecule has 6 heteroatoms. The predicted octanol–water partition coefficient (Wildman–Crippen LogP) is 1.38. The molecule has 5 nitrogen and oxygen atoms in total. The van der Waals surface area contributed by atoms with E-state index in [0.717, 1.165) is 12.8 Å². The number of hydrogen-bond acceptors (Lipinski definition) is 4. The second-order valence-electron chi connectivity index (χ2n) is 4.86. The number of benzene rings is 1. The maximum Gasteiger partial charge on any atom is 0.243 e. The molecule has 0 amide bonds. The first-order valence-corrected chi connectivity index (χ1v) is 7.78. The van der Waals surface area contributed by atoms with Gasteiger partial charge in [0.25, 0.3) is 0 Å². The molecule has 0 atom stereocenters. The first kappa shape index (κ1) is 14.3. The lowest BCUT2D eigenvalue weighted by atomic mass is 10.1. The summed E-state index contributed by atoms with van der Waals surface area (Å²) in [7, 11) is -1.75. The van der Waals surface area contributed by atoms with Crippen molar-refractivity contribution in [2.24, 2.45) is 0 Å². The molecule has 2 rings (SSSR count). The molecule has 0 aliphatic carbocycles. The predicted molar refractivity (Wildman–Crippen MR) is 74.4 cm³/mol. The number of nitrogen functional groups attached to an aromatic ring is 1. The summed E-state index contributed by atoms with van der Waals surface area (Å²) in [6.45, 7) is 2.78. The van der Waals surface area contributed by atoms with Crippen molar-refractivity contribution in [2.45, 2.75) is 30.8 Å². The molecule has 1 saturated heterocycles. The van der Waals surface area contributed by atoms with Crippen molar-refractivity contribution in [3.63, 3.8) is 0 Å². The van der Waals surface area contributed by atoms with E-state index in [1.807, 2.05) is 0 Å². The largest absolute Gasteiger partial charge is 0.399 e. The Balaban J connectivity index is 2.23. The highest BCUT2D eigenvalue weighted by atomic mass is 32.2. The molecule has 1 aliphatic heterocycles.